The number of phenolic OH excluding ortho intramolecular Hbond substituents is 2. The molecule has 0 radical (unpaired) electrons. The molecule has 6 N–H and O–H groups in total. The van der Waals surface area contributed by atoms with E-state index in [4.69, 9.17) is 21.7 Å². The SMILES string of the molecule is COc1cc2c(cc1OC)C1C(Nc3ncc(NC(=S)NCc4ccc(O)c(O)c4)cn3)=NC=NC1N2. The van der Waals surface area contributed by atoms with Gasteiger partial charge in [-0.1, -0.05) is 6.07 Å². The summed E-state index contributed by atoms with van der Waals surface area (Å²) in [5.74, 6) is 1.71. The molecular weight excluding hydrogens is 496 g/mol. The first kappa shape index (κ1) is 24.1. The minimum atomic E-state index is -0.230. The van der Waals surface area contributed by atoms with Crippen molar-refractivity contribution in [2.45, 2.75) is 18.6 Å². The van der Waals surface area contributed by atoms with Crippen LogP contribution in [0.5, 0.6) is 23.0 Å². The van der Waals surface area contributed by atoms with E-state index in [0.29, 0.717) is 40.6 Å². The number of rotatable bonds is 6. The molecule has 5 rings (SSSR count). The lowest BCUT2D eigenvalue weighted by molar-refractivity contribution is 0.355. The number of hydrogen-bond donors (Lipinski definition) is 6. The van der Waals surface area contributed by atoms with E-state index in [2.05, 4.69) is 41.2 Å². The molecule has 37 heavy (non-hydrogen) atoms. The Hall–Kier alpha value is -4.65. The molecule has 0 saturated heterocycles. The summed E-state index contributed by atoms with van der Waals surface area (Å²) in [4.78, 5) is 17.6. The van der Waals surface area contributed by atoms with Gasteiger partial charge in [-0.3, -0.25) is 0 Å². The van der Waals surface area contributed by atoms with Crippen LogP contribution in [-0.2, 0) is 6.54 Å². The van der Waals surface area contributed by atoms with Gasteiger partial charge in [0.25, 0.3) is 0 Å². The van der Waals surface area contributed by atoms with Crippen LogP contribution < -0.4 is 30.7 Å². The third kappa shape index (κ3) is 5.02. The summed E-state index contributed by atoms with van der Waals surface area (Å²) in [5, 5.41) is 32.0. The van der Waals surface area contributed by atoms with Gasteiger partial charge in [0, 0.05) is 18.3 Å². The molecule has 0 saturated carbocycles. The number of anilines is 3. The Morgan fingerprint density at radius 3 is 2.54 bits per heavy atom. The third-order valence-electron chi connectivity index (χ3n) is 5.87. The zero-order chi connectivity index (χ0) is 25.9. The average molecular weight is 521 g/mol. The highest BCUT2D eigenvalue weighted by Crippen LogP contribution is 2.44. The van der Waals surface area contributed by atoms with Gasteiger partial charge in [-0.2, -0.15) is 0 Å². The van der Waals surface area contributed by atoms with E-state index < -0.39 is 0 Å². The zero-order valence-corrected chi connectivity index (χ0v) is 20.7. The lowest BCUT2D eigenvalue weighted by Crippen LogP contribution is -2.33. The molecule has 3 heterocycles. The Labute approximate surface area is 217 Å². The third-order valence-corrected chi connectivity index (χ3v) is 6.12. The molecule has 2 atom stereocenters. The standard InChI is InChI=1S/C24H24N8O4S/c1-35-18-6-14-15(7-19(18)36-2)31-21-20(14)22(29-11-28-21)32-23-25-9-13(10-26-23)30-24(37)27-8-12-3-4-16(33)17(34)5-12/h3-7,9-11,20-21,31,33-34H,8H2,1-2H3,(H2,27,30,37)(H,25,26,28,29,32). The second kappa shape index (κ2) is 10.1. The average Bonchev–Trinajstić information content (AvgIpc) is 3.28. The Balaban J connectivity index is 1.23. The number of aromatic nitrogens is 2. The maximum atomic E-state index is 9.61. The van der Waals surface area contributed by atoms with Crippen molar-refractivity contribution < 1.29 is 19.7 Å². The van der Waals surface area contributed by atoms with Crippen LogP contribution in [0.2, 0.25) is 0 Å². The number of phenols is 2. The van der Waals surface area contributed by atoms with Crippen molar-refractivity contribution in [3.63, 3.8) is 0 Å². The van der Waals surface area contributed by atoms with Crippen LogP contribution in [0, 0.1) is 0 Å². The molecule has 0 fully saturated rings. The number of amidine groups is 1. The highest BCUT2D eigenvalue weighted by Gasteiger charge is 2.38. The summed E-state index contributed by atoms with van der Waals surface area (Å²) in [5.41, 5.74) is 3.21. The lowest BCUT2D eigenvalue weighted by Gasteiger charge is -2.22. The van der Waals surface area contributed by atoms with Crippen LogP contribution in [0.15, 0.2) is 52.7 Å². The summed E-state index contributed by atoms with van der Waals surface area (Å²) in [6.45, 7) is 0.357. The number of benzene rings is 2. The molecule has 190 valence electrons. The van der Waals surface area contributed by atoms with Gasteiger partial charge in [0.2, 0.25) is 5.95 Å². The molecule has 0 aliphatic carbocycles. The fraction of sp³-hybridized carbons (Fsp3) is 0.208. The molecule has 12 nitrogen and oxygen atoms in total. The number of nitrogens with one attached hydrogen (secondary N) is 4. The molecule has 0 bridgehead atoms. The normalized spacial score (nSPS) is 17.1. The van der Waals surface area contributed by atoms with Crippen molar-refractivity contribution in [1.29, 1.82) is 0 Å². The molecule has 2 aromatic carbocycles. The topological polar surface area (TPSA) is 158 Å². The number of hydrogen-bond acceptors (Lipinski definition) is 11. The molecule has 2 aliphatic heterocycles. The van der Waals surface area contributed by atoms with Crippen molar-refractivity contribution in [1.82, 2.24) is 15.3 Å². The van der Waals surface area contributed by atoms with E-state index in [1.165, 1.54) is 18.5 Å². The molecule has 13 heteroatoms. The van der Waals surface area contributed by atoms with Gasteiger partial charge in [-0.25, -0.2) is 20.0 Å². The van der Waals surface area contributed by atoms with Gasteiger partial charge in [0.1, 0.15) is 18.3 Å². The van der Waals surface area contributed by atoms with E-state index in [-0.39, 0.29) is 23.6 Å². The highest BCUT2D eigenvalue weighted by atomic mass is 32.1. The number of aliphatic imine (C=N–C) groups is 2. The minimum Gasteiger partial charge on any atom is -0.504 e. The van der Waals surface area contributed by atoms with Crippen molar-refractivity contribution >= 4 is 46.8 Å². The van der Waals surface area contributed by atoms with Crippen molar-refractivity contribution in [3.05, 3.63) is 53.9 Å². The first-order valence-corrected chi connectivity index (χ1v) is 11.6. The summed E-state index contributed by atoms with van der Waals surface area (Å²) < 4.78 is 10.9. The number of thiocarbonyl (C=S) groups is 1. The number of nitrogens with zero attached hydrogens (tertiary/aromatic N) is 4. The summed E-state index contributed by atoms with van der Waals surface area (Å²) in [6, 6.07) is 8.37. The van der Waals surface area contributed by atoms with Gasteiger partial charge >= 0.3 is 0 Å². The van der Waals surface area contributed by atoms with Gasteiger partial charge in [0.15, 0.2) is 28.1 Å². The van der Waals surface area contributed by atoms with Crippen LogP contribution in [0.4, 0.5) is 17.3 Å². The van der Waals surface area contributed by atoms with Crippen LogP contribution >= 0.6 is 12.2 Å². The zero-order valence-electron chi connectivity index (χ0n) is 19.9. The van der Waals surface area contributed by atoms with Gasteiger partial charge in [-0.15, -0.1) is 0 Å². The number of fused-ring (bicyclic) bond motifs is 3. The minimum absolute atomic E-state index is 0.175. The molecule has 3 aromatic rings. The second-order valence-electron chi connectivity index (χ2n) is 8.19. The summed E-state index contributed by atoms with van der Waals surface area (Å²) >= 11 is 5.32. The van der Waals surface area contributed by atoms with E-state index in [9.17, 15) is 10.2 Å². The molecular formula is C24H24N8O4S. The quantitative estimate of drug-likeness (QED) is 0.210. The molecule has 1 aromatic heterocycles. The summed E-state index contributed by atoms with van der Waals surface area (Å²) in [6.07, 6.45) is 4.47. The molecule has 0 amide bonds. The monoisotopic (exact) mass is 520 g/mol. The van der Waals surface area contributed by atoms with Crippen molar-refractivity contribution in [2.75, 3.05) is 30.2 Å². The predicted molar refractivity (Wildman–Crippen MR) is 144 cm³/mol. The summed E-state index contributed by atoms with van der Waals surface area (Å²) in [7, 11) is 3.19. The number of aromatic hydroxyl groups is 2. The first-order valence-electron chi connectivity index (χ1n) is 11.2. The second-order valence-corrected chi connectivity index (χ2v) is 8.60. The lowest BCUT2D eigenvalue weighted by atomic mass is 9.96. The number of ether oxygens (including phenoxy) is 2. The van der Waals surface area contributed by atoms with E-state index in [0.717, 1.165) is 16.8 Å². The van der Waals surface area contributed by atoms with Gasteiger partial charge in [0.05, 0.1) is 38.2 Å². The van der Waals surface area contributed by atoms with Crippen molar-refractivity contribution in [3.8, 4) is 23.0 Å². The van der Waals surface area contributed by atoms with E-state index >= 15 is 0 Å². The fourth-order valence-electron chi connectivity index (χ4n) is 4.08. The van der Waals surface area contributed by atoms with Crippen molar-refractivity contribution in [2.24, 2.45) is 9.98 Å². The van der Waals surface area contributed by atoms with Gasteiger partial charge in [-0.05, 0) is 41.5 Å². The Kier molecular flexibility index (Phi) is 6.60. The maximum Gasteiger partial charge on any atom is 0.228 e. The van der Waals surface area contributed by atoms with Crippen LogP contribution in [0.25, 0.3) is 0 Å². The molecule has 2 aliphatic rings. The van der Waals surface area contributed by atoms with E-state index in [1.807, 2.05) is 12.1 Å². The Morgan fingerprint density at radius 1 is 1.05 bits per heavy atom. The Bertz CT molecular complexity index is 1400. The van der Waals surface area contributed by atoms with Crippen LogP contribution in [0.1, 0.15) is 17.0 Å². The highest BCUT2D eigenvalue weighted by molar-refractivity contribution is 7.80. The first-order chi connectivity index (χ1) is 17.9. The van der Waals surface area contributed by atoms with Crippen LogP contribution in [-0.4, -0.2) is 57.9 Å². The smallest absolute Gasteiger partial charge is 0.228 e. The Morgan fingerprint density at radius 2 is 1.81 bits per heavy atom. The molecule has 0 spiro atoms. The number of methoxy groups -OCH3 is 2. The largest absolute Gasteiger partial charge is 0.504 e. The maximum absolute atomic E-state index is 9.61. The predicted octanol–water partition coefficient (Wildman–Crippen LogP) is 2.78. The van der Waals surface area contributed by atoms with E-state index in [1.54, 1.807) is 32.7 Å². The molecule has 2 unspecified atom stereocenters. The van der Waals surface area contributed by atoms with Gasteiger partial charge < -0.3 is 41.0 Å². The van der Waals surface area contributed by atoms with Crippen LogP contribution in [0.3, 0.4) is 0 Å². The fourth-order valence-corrected chi connectivity index (χ4v) is 4.27.